The Hall–Kier alpha value is -1.95. The first-order valence-electron chi connectivity index (χ1n) is 6.82. The van der Waals surface area contributed by atoms with Gasteiger partial charge in [-0.15, -0.1) is 0 Å². The molecule has 0 radical (unpaired) electrons. The highest BCUT2D eigenvalue weighted by molar-refractivity contribution is 6.32. The minimum atomic E-state index is -0.621. The number of hydrogen-bond donors (Lipinski definition) is 1. The van der Waals surface area contributed by atoms with Crippen LogP contribution in [0.1, 0.15) is 19.3 Å². The number of rotatable bonds is 2. The number of hydrogen-bond acceptors (Lipinski definition) is 4. The van der Waals surface area contributed by atoms with Crippen molar-refractivity contribution < 1.29 is 4.39 Å². The molecule has 110 valence electrons. The van der Waals surface area contributed by atoms with Crippen molar-refractivity contribution in [2.24, 2.45) is 0 Å². The lowest BCUT2D eigenvalue weighted by Crippen LogP contribution is -2.32. The second-order valence-corrected chi connectivity index (χ2v) is 5.35. The maximum atomic E-state index is 13.2. The fourth-order valence-electron chi connectivity index (χ4n) is 2.45. The Labute approximate surface area is 125 Å². The molecule has 3 rings (SSSR count). The van der Waals surface area contributed by atoms with Crippen LogP contribution in [0.4, 0.5) is 10.2 Å². The quantitative estimate of drug-likeness (QED) is 0.866. The first kappa shape index (κ1) is 14.0. The van der Waals surface area contributed by atoms with Gasteiger partial charge in [0.2, 0.25) is 5.95 Å². The molecule has 1 N–H and O–H groups in total. The van der Waals surface area contributed by atoms with E-state index in [0.717, 1.165) is 25.9 Å². The monoisotopic (exact) mass is 308 g/mol. The summed E-state index contributed by atoms with van der Waals surface area (Å²) in [5, 5.41) is 0.0789. The molecule has 0 spiro atoms. The number of aromatic amines is 1. The van der Waals surface area contributed by atoms with Gasteiger partial charge >= 0.3 is 0 Å². The number of aromatic nitrogens is 3. The van der Waals surface area contributed by atoms with E-state index in [9.17, 15) is 9.18 Å². The molecule has 3 heterocycles. The molecule has 5 nitrogen and oxygen atoms in total. The van der Waals surface area contributed by atoms with Gasteiger partial charge in [-0.3, -0.25) is 4.79 Å². The van der Waals surface area contributed by atoms with Gasteiger partial charge in [0.05, 0.1) is 0 Å². The molecule has 1 aliphatic heterocycles. The zero-order valence-electron chi connectivity index (χ0n) is 11.3. The zero-order valence-corrected chi connectivity index (χ0v) is 12.0. The summed E-state index contributed by atoms with van der Waals surface area (Å²) < 4.78 is 13.2. The van der Waals surface area contributed by atoms with Gasteiger partial charge in [-0.05, 0) is 25.3 Å². The number of pyridine rings is 1. The lowest BCUT2D eigenvalue weighted by Gasteiger charge is -2.28. The van der Waals surface area contributed by atoms with Gasteiger partial charge in [0.1, 0.15) is 10.8 Å². The van der Waals surface area contributed by atoms with E-state index in [1.54, 1.807) is 6.07 Å². The van der Waals surface area contributed by atoms with Crippen LogP contribution < -0.4 is 10.5 Å². The van der Waals surface area contributed by atoms with E-state index in [0.29, 0.717) is 17.2 Å². The molecule has 0 aliphatic carbocycles. The predicted molar refractivity (Wildman–Crippen MR) is 79.1 cm³/mol. The fraction of sp³-hybridized carbons (Fsp3) is 0.357. The van der Waals surface area contributed by atoms with Gasteiger partial charge in [0.15, 0.2) is 5.82 Å². The maximum absolute atomic E-state index is 13.2. The lowest BCUT2D eigenvalue weighted by molar-refractivity contribution is 0.573. The normalized spacial score (nSPS) is 15.2. The lowest BCUT2D eigenvalue weighted by atomic mass is 10.1. The number of nitrogens with zero attached hydrogens (tertiary/aromatic N) is 3. The van der Waals surface area contributed by atoms with Crippen LogP contribution in [-0.4, -0.2) is 28.0 Å². The largest absolute Gasteiger partial charge is 0.355 e. The molecule has 7 heteroatoms. The third kappa shape index (κ3) is 2.90. The minimum absolute atomic E-state index is 0.0789. The van der Waals surface area contributed by atoms with Crippen LogP contribution in [0.25, 0.3) is 11.4 Å². The molecule has 1 saturated heterocycles. The maximum Gasteiger partial charge on any atom is 0.272 e. The van der Waals surface area contributed by atoms with Gasteiger partial charge < -0.3 is 9.88 Å². The molecule has 0 amide bonds. The van der Waals surface area contributed by atoms with E-state index in [1.807, 2.05) is 4.90 Å². The zero-order chi connectivity index (χ0) is 14.8. The molecule has 0 atom stereocenters. The van der Waals surface area contributed by atoms with E-state index < -0.39 is 11.5 Å². The highest BCUT2D eigenvalue weighted by Gasteiger charge is 2.19. The van der Waals surface area contributed by atoms with Crippen molar-refractivity contribution in [1.29, 1.82) is 0 Å². The summed E-state index contributed by atoms with van der Waals surface area (Å²) in [6.07, 6.45) is 4.59. The standard InChI is InChI=1S/C14H14ClFN4O/c15-11-13(20-6-2-1-3-7-20)18-12(19-14(11)21)9-4-5-17-10(16)8-9/h4-5,8H,1-3,6-7H2,(H,18,19,21). The molecule has 0 bridgehead atoms. The summed E-state index contributed by atoms with van der Waals surface area (Å²) in [5.74, 6) is 0.142. The third-order valence-electron chi connectivity index (χ3n) is 3.50. The Morgan fingerprint density at radius 2 is 2.05 bits per heavy atom. The van der Waals surface area contributed by atoms with Crippen LogP contribution in [0.5, 0.6) is 0 Å². The smallest absolute Gasteiger partial charge is 0.272 e. The van der Waals surface area contributed by atoms with E-state index in [2.05, 4.69) is 15.0 Å². The summed E-state index contributed by atoms with van der Waals surface area (Å²) in [5.41, 5.74) is 0.0500. The average Bonchev–Trinajstić information content (AvgIpc) is 2.51. The molecule has 1 aliphatic rings. The van der Waals surface area contributed by atoms with Crippen LogP contribution in [0.3, 0.4) is 0 Å². The van der Waals surface area contributed by atoms with Crippen LogP contribution in [0.15, 0.2) is 23.1 Å². The highest BCUT2D eigenvalue weighted by atomic mass is 35.5. The van der Waals surface area contributed by atoms with Crippen molar-refractivity contribution in [3.05, 3.63) is 39.7 Å². The molecular formula is C14H14ClFN4O. The van der Waals surface area contributed by atoms with Gasteiger partial charge in [-0.25, -0.2) is 9.97 Å². The molecule has 0 aromatic carbocycles. The summed E-state index contributed by atoms with van der Waals surface area (Å²) in [6.45, 7) is 1.64. The molecule has 0 unspecified atom stereocenters. The average molecular weight is 309 g/mol. The number of nitrogens with one attached hydrogen (secondary N) is 1. The van der Waals surface area contributed by atoms with Gasteiger partial charge in [-0.2, -0.15) is 4.39 Å². The van der Waals surface area contributed by atoms with Crippen LogP contribution >= 0.6 is 11.6 Å². The second-order valence-electron chi connectivity index (χ2n) is 4.97. The summed E-state index contributed by atoms with van der Waals surface area (Å²) in [4.78, 5) is 24.5. The van der Waals surface area contributed by atoms with Crippen molar-refractivity contribution in [2.75, 3.05) is 18.0 Å². The molecule has 21 heavy (non-hydrogen) atoms. The van der Waals surface area contributed by atoms with E-state index in [-0.39, 0.29) is 5.02 Å². The predicted octanol–water partition coefficient (Wildman–Crippen LogP) is 2.61. The number of H-pyrrole nitrogens is 1. The Morgan fingerprint density at radius 3 is 2.76 bits per heavy atom. The highest BCUT2D eigenvalue weighted by Crippen LogP contribution is 2.25. The molecule has 1 fully saturated rings. The van der Waals surface area contributed by atoms with Crippen LogP contribution in [-0.2, 0) is 0 Å². The molecule has 2 aromatic heterocycles. The number of halogens is 2. The Morgan fingerprint density at radius 1 is 1.29 bits per heavy atom. The fourth-order valence-corrected chi connectivity index (χ4v) is 2.66. The number of anilines is 1. The number of piperidine rings is 1. The van der Waals surface area contributed by atoms with Gasteiger partial charge in [0, 0.05) is 30.9 Å². The van der Waals surface area contributed by atoms with Gasteiger partial charge in [-0.1, -0.05) is 11.6 Å². The Kier molecular flexibility index (Phi) is 3.88. The van der Waals surface area contributed by atoms with Crippen molar-refractivity contribution in [3.63, 3.8) is 0 Å². The Bertz CT molecular complexity index is 712. The van der Waals surface area contributed by atoms with Crippen LogP contribution in [0.2, 0.25) is 5.02 Å². The minimum Gasteiger partial charge on any atom is -0.355 e. The summed E-state index contributed by atoms with van der Waals surface area (Å²) in [7, 11) is 0. The van der Waals surface area contributed by atoms with E-state index in [4.69, 9.17) is 11.6 Å². The van der Waals surface area contributed by atoms with Gasteiger partial charge in [0.25, 0.3) is 5.56 Å². The molecule has 2 aromatic rings. The van der Waals surface area contributed by atoms with E-state index in [1.165, 1.54) is 18.7 Å². The first-order chi connectivity index (χ1) is 10.1. The van der Waals surface area contributed by atoms with E-state index >= 15 is 0 Å². The third-order valence-corrected chi connectivity index (χ3v) is 3.84. The second kappa shape index (κ2) is 5.81. The van der Waals surface area contributed by atoms with Crippen molar-refractivity contribution in [2.45, 2.75) is 19.3 Å². The van der Waals surface area contributed by atoms with Crippen molar-refractivity contribution >= 4 is 17.4 Å². The first-order valence-corrected chi connectivity index (χ1v) is 7.19. The molecular weight excluding hydrogens is 295 g/mol. The molecule has 0 saturated carbocycles. The SMILES string of the molecule is O=c1[nH]c(-c2ccnc(F)c2)nc(N2CCCCC2)c1Cl. The topological polar surface area (TPSA) is 61.9 Å². The van der Waals surface area contributed by atoms with Crippen LogP contribution in [0, 0.1) is 5.95 Å². The summed E-state index contributed by atoms with van der Waals surface area (Å²) >= 11 is 6.08. The van der Waals surface area contributed by atoms with Crippen molar-refractivity contribution in [1.82, 2.24) is 15.0 Å². The van der Waals surface area contributed by atoms with Crippen molar-refractivity contribution in [3.8, 4) is 11.4 Å². The summed E-state index contributed by atoms with van der Waals surface area (Å²) in [6, 6.07) is 2.82. The Balaban J connectivity index is 2.07.